The molecule has 1 aromatic carbocycles. The van der Waals surface area contributed by atoms with Gasteiger partial charge in [-0.3, -0.25) is 14.4 Å². The average Bonchev–Trinajstić information content (AvgIpc) is 2.64. The number of carbonyl (C=O) groups is 3. The Bertz CT molecular complexity index is 604. The van der Waals surface area contributed by atoms with Crippen LogP contribution in [0.1, 0.15) is 25.5 Å². The van der Waals surface area contributed by atoms with E-state index in [1.807, 2.05) is 44.2 Å². The Balaban J connectivity index is 1.80. The van der Waals surface area contributed by atoms with Crippen molar-refractivity contribution in [3.63, 3.8) is 0 Å². The SMILES string of the molecule is CC(C)CNC(=O)C(=O)NCC(=O)N1CCOC(c2ccccc2)C1. The van der Waals surface area contributed by atoms with Gasteiger partial charge in [0.15, 0.2) is 0 Å². The highest BCUT2D eigenvalue weighted by molar-refractivity contribution is 6.35. The lowest BCUT2D eigenvalue weighted by Gasteiger charge is -2.33. The summed E-state index contributed by atoms with van der Waals surface area (Å²) in [5.74, 6) is -1.48. The summed E-state index contributed by atoms with van der Waals surface area (Å²) in [4.78, 5) is 37.3. The quantitative estimate of drug-likeness (QED) is 0.758. The van der Waals surface area contributed by atoms with E-state index in [0.29, 0.717) is 26.2 Å². The van der Waals surface area contributed by atoms with Crippen molar-refractivity contribution in [2.24, 2.45) is 5.92 Å². The summed E-state index contributed by atoms with van der Waals surface area (Å²) in [6.45, 7) is 5.43. The van der Waals surface area contributed by atoms with Crippen LogP contribution in [-0.2, 0) is 19.1 Å². The third-order valence-electron chi connectivity index (χ3n) is 3.87. The van der Waals surface area contributed by atoms with Crippen LogP contribution in [0, 0.1) is 5.92 Å². The molecule has 1 saturated heterocycles. The number of carbonyl (C=O) groups excluding carboxylic acids is 3. The highest BCUT2D eigenvalue weighted by atomic mass is 16.5. The third-order valence-corrected chi connectivity index (χ3v) is 3.87. The number of benzene rings is 1. The molecule has 1 unspecified atom stereocenters. The second kappa shape index (κ2) is 9.17. The molecule has 136 valence electrons. The highest BCUT2D eigenvalue weighted by Crippen LogP contribution is 2.21. The van der Waals surface area contributed by atoms with Crippen molar-refractivity contribution in [2.45, 2.75) is 20.0 Å². The number of hydrogen-bond acceptors (Lipinski definition) is 4. The summed E-state index contributed by atoms with van der Waals surface area (Å²) < 4.78 is 5.72. The lowest BCUT2D eigenvalue weighted by atomic mass is 10.1. The highest BCUT2D eigenvalue weighted by Gasteiger charge is 2.25. The van der Waals surface area contributed by atoms with Crippen molar-refractivity contribution in [1.82, 2.24) is 15.5 Å². The Morgan fingerprint density at radius 3 is 2.52 bits per heavy atom. The van der Waals surface area contributed by atoms with Crippen LogP contribution in [0.2, 0.25) is 0 Å². The first-order valence-electron chi connectivity index (χ1n) is 8.47. The van der Waals surface area contributed by atoms with Gasteiger partial charge in [-0.15, -0.1) is 0 Å². The number of nitrogens with zero attached hydrogens (tertiary/aromatic N) is 1. The monoisotopic (exact) mass is 347 g/mol. The van der Waals surface area contributed by atoms with Crippen molar-refractivity contribution in [1.29, 1.82) is 0 Å². The molecule has 7 nitrogen and oxygen atoms in total. The molecular formula is C18H25N3O4. The van der Waals surface area contributed by atoms with Crippen molar-refractivity contribution in [2.75, 3.05) is 32.8 Å². The molecule has 0 aromatic heterocycles. The number of nitrogens with one attached hydrogen (secondary N) is 2. The normalized spacial score (nSPS) is 17.2. The van der Waals surface area contributed by atoms with E-state index in [4.69, 9.17) is 4.74 Å². The number of amides is 3. The van der Waals surface area contributed by atoms with Crippen LogP contribution >= 0.6 is 0 Å². The van der Waals surface area contributed by atoms with Crippen molar-refractivity contribution >= 4 is 17.7 Å². The lowest BCUT2D eigenvalue weighted by Crippen LogP contribution is -2.49. The number of morpholine rings is 1. The Morgan fingerprint density at radius 1 is 1.16 bits per heavy atom. The van der Waals surface area contributed by atoms with Gasteiger partial charge in [0.25, 0.3) is 0 Å². The predicted molar refractivity (Wildman–Crippen MR) is 92.6 cm³/mol. The van der Waals surface area contributed by atoms with Gasteiger partial charge < -0.3 is 20.3 Å². The molecule has 1 atom stereocenters. The van der Waals surface area contributed by atoms with E-state index in [1.165, 1.54) is 0 Å². The molecule has 2 N–H and O–H groups in total. The summed E-state index contributed by atoms with van der Waals surface area (Å²) in [5.41, 5.74) is 1.01. The predicted octanol–water partition coefficient (Wildman–Crippen LogP) is 0.475. The fourth-order valence-electron chi connectivity index (χ4n) is 2.47. The van der Waals surface area contributed by atoms with E-state index >= 15 is 0 Å². The maximum Gasteiger partial charge on any atom is 0.309 e. The van der Waals surface area contributed by atoms with E-state index in [-0.39, 0.29) is 24.5 Å². The van der Waals surface area contributed by atoms with E-state index in [2.05, 4.69) is 10.6 Å². The second-order valence-electron chi connectivity index (χ2n) is 6.40. The fraction of sp³-hybridized carbons (Fsp3) is 0.500. The smallest absolute Gasteiger partial charge is 0.309 e. The first kappa shape index (κ1) is 18.9. The zero-order valence-corrected chi connectivity index (χ0v) is 14.7. The molecule has 25 heavy (non-hydrogen) atoms. The van der Waals surface area contributed by atoms with Crippen LogP contribution in [0.3, 0.4) is 0 Å². The molecule has 0 radical (unpaired) electrons. The molecule has 0 saturated carbocycles. The molecule has 1 fully saturated rings. The van der Waals surface area contributed by atoms with Gasteiger partial charge in [0.2, 0.25) is 5.91 Å². The Morgan fingerprint density at radius 2 is 1.84 bits per heavy atom. The second-order valence-corrected chi connectivity index (χ2v) is 6.40. The number of hydrogen-bond donors (Lipinski definition) is 2. The summed E-state index contributed by atoms with van der Waals surface area (Å²) in [7, 11) is 0. The molecule has 0 aliphatic carbocycles. The van der Waals surface area contributed by atoms with Crippen LogP contribution in [0.4, 0.5) is 0 Å². The largest absolute Gasteiger partial charge is 0.370 e. The Labute approximate surface area is 147 Å². The third kappa shape index (κ3) is 5.86. The molecule has 1 aliphatic rings. The molecular weight excluding hydrogens is 322 g/mol. The minimum absolute atomic E-state index is 0.177. The van der Waals surface area contributed by atoms with Gasteiger partial charge in [-0.2, -0.15) is 0 Å². The van der Waals surface area contributed by atoms with Crippen LogP contribution in [0.5, 0.6) is 0 Å². The molecule has 3 amide bonds. The van der Waals surface area contributed by atoms with Gasteiger partial charge in [0.05, 0.1) is 19.7 Å². The van der Waals surface area contributed by atoms with Gasteiger partial charge >= 0.3 is 11.8 Å². The molecule has 1 aliphatic heterocycles. The maximum absolute atomic E-state index is 12.3. The van der Waals surface area contributed by atoms with Crippen LogP contribution < -0.4 is 10.6 Å². The minimum atomic E-state index is -0.790. The number of ether oxygens (including phenoxy) is 1. The first-order valence-corrected chi connectivity index (χ1v) is 8.47. The topological polar surface area (TPSA) is 87.7 Å². The summed E-state index contributed by atoms with van der Waals surface area (Å²) in [6.07, 6.45) is -0.177. The van der Waals surface area contributed by atoms with Gasteiger partial charge in [-0.25, -0.2) is 0 Å². The zero-order chi connectivity index (χ0) is 18.2. The summed E-state index contributed by atoms with van der Waals surface area (Å²) >= 11 is 0. The standard InChI is InChI=1S/C18H25N3O4/c1-13(2)10-19-17(23)18(24)20-11-16(22)21-8-9-25-15(12-21)14-6-4-3-5-7-14/h3-7,13,15H,8-12H2,1-2H3,(H,19,23)(H,20,24). The van der Waals surface area contributed by atoms with E-state index in [1.54, 1.807) is 4.90 Å². The van der Waals surface area contributed by atoms with E-state index in [9.17, 15) is 14.4 Å². The van der Waals surface area contributed by atoms with Gasteiger partial charge in [0, 0.05) is 13.1 Å². The summed E-state index contributed by atoms with van der Waals surface area (Å²) in [5, 5.41) is 4.89. The van der Waals surface area contributed by atoms with Crippen LogP contribution in [0.15, 0.2) is 30.3 Å². The molecule has 0 spiro atoms. The van der Waals surface area contributed by atoms with Crippen molar-refractivity contribution < 1.29 is 19.1 Å². The molecule has 1 heterocycles. The molecule has 2 rings (SSSR count). The lowest BCUT2D eigenvalue weighted by molar-refractivity contribution is -0.142. The Kier molecular flexibility index (Phi) is 6.94. The first-order chi connectivity index (χ1) is 12.0. The number of rotatable bonds is 5. The van der Waals surface area contributed by atoms with Crippen molar-refractivity contribution in [3.05, 3.63) is 35.9 Å². The molecule has 1 aromatic rings. The van der Waals surface area contributed by atoms with Crippen LogP contribution in [-0.4, -0.2) is 55.4 Å². The van der Waals surface area contributed by atoms with Gasteiger partial charge in [-0.05, 0) is 11.5 Å². The summed E-state index contributed by atoms with van der Waals surface area (Å²) in [6, 6.07) is 9.69. The molecule has 0 bridgehead atoms. The zero-order valence-electron chi connectivity index (χ0n) is 14.7. The van der Waals surface area contributed by atoms with Gasteiger partial charge in [0.1, 0.15) is 6.10 Å². The Hall–Kier alpha value is -2.41. The van der Waals surface area contributed by atoms with E-state index in [0.717, 1.165) is 5.56 Å². The van der Waals surface area contributed by atoms with Crippen molar-refractivity contribution in [3.8, 4) is 0 Å². The van der Waals surface area contributed by atoms with Crippen LogP contribution in [0.25, 0.3) is 0 Å². The van der Waals surface area contributed by atoms with E-state index < -0.39 is 11.8 Å². The minimum Gasteiger partial charge on any atom is -0.370 e. The van der Waals surface area contributed by atoms with Gasteiger partial charge in [-0.1, -0.05) is 44.2 Å². The maximum atomic E-state index is 12.3. The molecule has 7 heteroatoms. The average molecular weight is 347 g/mol. The fourth-order valence-corrected chi connectivity index (χ4v) is 2.47.